The Morgan fingerprint density at radius 3 is 2.30 bits per heavy atom. The van der Waals surface area contributed by atoms with E-state index in [9.17, 15) is 14.7 Å². The van der Waals surface area contributed by atoms with Crippen LogP contribution in [-0.2, 0) is 4.79 Å². The number of anilines is 1. The van der Waals surface area contributed by atoms with Crippen molar-refractivity contribution in [3.63, 3.8) is 0 Å². The van der Waals surface area contributed by atoms with E-state index in [0.717, 1.165) is 10.8 Å². The molecule has 4 nitrogen and oxygen atoms in total. The van der Waals surface area contributed by atoms with Gasteiger partial charge in [-0.3, -0.25) is 4.79 Å². The van der Waals surface area contributed by atoms with Gasteiger partial charge in [-0.1, -0.05) is 38.1 Å². The Morgan fingerprint density at radius 2 is 1.75 bits per heavy atom. The Morgan fingerprint density at radius 1 is 1.15 bits per heavy atom. The molecule has 0 aliphatic heterocycles. The van der Waals surface area contributed by atoms with Gasteiger partial charge in [0.05, 0.1) is 11.3 Å². The minimum atomic E-state index is -1.05. The van der Waals surface area contributed by atoms with E-state index in [-0.39, 0.29) is 17.4 Å². The van der Waals surface area contributed by atoms with Gasteiger partial charge in [-0.15, -0.1) is 0 Å². The van der Waals surface area contributed by atoms with Gasteiger partial charge in [-0.2, -0.15) is 0 Å². The number of aromatic carboxylic acids is 1. The van der Waals surface area contributed by atoms with Crippen LogP contribution in [-0.4, -0.2) is 17.0 Å². The first kappa shape index (κ1) is 14.1. The molecule has 0 spiro atoms. The Labute approximate surface area is 117 Å². The topological polar surface area (TPSA) is 66.4 Å². The van der Waals surface area contributed by atoms with Crippen molar-refractivity contribution in [2.24, 2.45) is 5.92 Å². The second-order valence-corrected chi connectivity index (χ2v) is 5.20. The van der Waals surface area contributed by atoms with Crippen molar-refractivity contribution in [3.05, 3.63) is 42.0 Å². The van der Waals surface area contributed by atoms with E-state index in [1.54, 1.807) is 12.1 Å². The molecule has 104 valence electrons. The van der Waals surface area contributed by atoms with E-state index < -0.39 is 5.97 Å². The van der Waals surface area contributed by atoms with E-state index in [1.165, 1.54) is 0 Å². The van der Waals surface area contributed by atoms with E-state index >= 15 is 0 Å². The second kappa shape index (κ2) is 5.74. The van der Waals surface area contributed by atoms with E-state index in [2.05, 4.69) is 5.32 Å². The minimum absolute atomic E-state index is 0.112. The first-order valence-corrected chi connectivity index (χ1v) is 6.53. The van der Waals surface area contributed by atoms with E-state index in [1.807, 2.05) is 38.1 Å². The third kappa shape index (κ3) is 3.15. The van der Waals surface area contributed by atoms with Crippen molar-refractivity contribution in [1.29, 1.82) is 0 Å². The van der Waals surface area contributed by atoms with E-state index in [4.69, 9.17) is 0 Å². The molecule has 1 amide bonds. The summed E-state index contributed by atoms with van der Waals surface area (Å²) in [5.41, 5.74) is 0.461. The predicted molar refractivity (Wildman–Crippen MR) is 79.0 cm³/mol. The first-order chi connectivity index (χ1) is 9.47. The van der Waals surface area contributed by atoms with Crippen molar-refractivity contribution in [3.8, 4) is 0 Å². The molecule has 0 saturated carbocycles. The number of carbonyl (C=O) groups is 2. The largest absolute Gasteiger partial charge is 0.478 e. The van der Waals surface area contributed by atoms with Gasteiger partial charge in [0.1, 0.15) is 0 Å². The van der Waals surface area contributed by atoms with Gasteiger partial charge in [0.25, 0.3) is 0 Å². The maximum Gasteiger partial charge on any atom is 0.337 e. The van der Waals surface area contributed by atoms with Gasteiger partial charge in [-0.05, 0) is 28.8 Å². The van der Waals surface area contributed by atoms with Crippen molar-refractivity contribution >= 4 is 28.3 Å². The molecule has 2 N–H and O–H groups in total. The van der Waals surface area contributed by atoms with E-state index in [0.29, 0.717) is 12.1 Å². The minimum Gasteiger partial charge on any atom is -0.478 e. The summed E-state index contributed by atoms with van der Waals surface area (Å²) in [7, 11) is 0. The summed E-state index contributed by atoms with van der Waals surface area (Å²) in [5, 5.41) is 13.7. The molecule has 0 unspecified atom stereocenters. The van der Waals surface area contributed by atoms with Crippen molar-refractivity contribution in [1.82, 2.24) is 0 Å². The standard InChI is InChI=1S/C16H17NO3/c1-10(2)7-15(18)17-14-9-12-6-4-3-5-11(12)8-13(14)16(19)20/h3-6,8-10H,7H2,1-2H3,(H,17,18)(H,19,20). The molecular formula is C16H17NO3. The molecule has 2 aromatic carbocycles. The molecule has 0 aromatic heterocycles. The number of benzene rings is 2. The zero-order valence-corrected chi connectivity index (χ0v) is 11.5. The lowest BCUT2D eigenvalue weighted by Crippen LogP contribution is -2.16. The number of fused-ring (bicyclic) bond motifs is 1. The van der Waals surface area contributed by atoms with Gasteiger partial charge in [0.2, 0.25) is 5.91 Å². The van der Waals surface area contributed by atoms with Crippen LogP contribution < -0.4 is 5.32 Å². The van der Waals surface area contributed by atoms with Gasteiger partial charge in [0, 0.05) is 6.42 Å². The van der Waals surface area contributed by atoms with Crippen LogP contribution in [0.2, 0.25) is 0 Å². The lowest BCUT2D eigenvalue weighted by atomic mass is 10.0. The van der Waals surface area contributed by atoms with Crippen LogP contribution in [0.25, 0.3) is 10.8 Å². The molecule has 0 saturated heterocycles. The number of amides is 1. The highest BCUT2D eigenvalue weighted by Gasteiger charge is 2.14. The maximum atomic E-state index is 11.8. The highest BCUT2D eigenvalue weighted by atomic mass is 16.4. The van der Waals surface area contributed by atoms with Crippen molar-refractivity contribution in [2.45, 2.75) is 20.3 Å². The second-order valence-electron chi connectivity index (χ2n) is 5.20. The average molecular weight is 271 g/mol. The summed E-state index contributed by atoms with van der Waals surface area (Å²) in [6, 6.07) is 10.8. The number of carboxylic acids is 1. The highest BCUT2D eigenvalue weighted by Crippen LogP contribution is 2.24. The van der Waals surface area contributed by atoms with Gasteiger partial charge in [-0.25, -0.2) is 4.79 Å². The average Bonchev–Trinajstić information content (AvgIpc) is 2.36. The molecule has 0 heterocycles. The molecule has 0 aliphatic carbocycles. The maximum absolute atomic E-state index is 11.8. The summed E-state index contributed by atoms with van der Waals surface area (Å²) in [4.78, 5) is 23.1. The lowest BCUT2D eigenvalue weighted by molar-refractivity contribution is -0.116. The van der Waals surface area contributed by atoms with Crippen LogP contribution in [0, 0.1) is 5.92 Å². The summed E-state index contributed by atoms with van der Waals surface area (Å²) in [6.45, 7) is 3.89. The number of hydrogen-bond donors (Lipinski definition) is 2. The summed E-state index contributed by atoms with van der Waals surface area (Å²) >= 11 is 0. The lowest BCUT2D eigenvalue weighted by Gasteiger charge is -2.11. The fourth-order valence-corrected chi connectivity index (χ4v) is 2.09. The van der Waals surface area contributed by atoms with Crippen LogP contribution >= 0.6 is 0 Å². The fraction of sp³-hybridized carbons (Fsp3) is 0.250. The molecule has 0 aliphatic rings. The molecule has 2 rings (SSSR count). The SMILES string of the molecule is CC(C)CC(=O)Nc1cc2ccccc2cc1C(=O)O. The van der Waals surface area contributed by atoms with Gasteiger partial charge < -0.3 is 10.4 Å². The Bertz CT molecular complexity index is 662. The third-order valence-electron chi connectivity index (χ3n) is 2.98. The van der Waals surface area contributed by atoms with Crippen LogP contribution in [0.3, 0.4) is 0 Å². The van der Waals surface area contributed by atoms with Crippen LogP contribution in [0.15, 0.2) is 36.4 Å². The number of carboxylic acid groups (broad SMARTS) is 1. The summed E-state index contributed by atoms with van der Waals surface area (Å²) in [5.74, 6) is -0.989. The molecule has 4 heteroatoms. The molecular weight excluding hydrogens is 254 g/mol. The third-order valence-corrected chi connectivity index (χ3v) is 2.98. The fourth-order valence-electron chi connectivity index (χ4n) is 2.09. The van der Waals surface area contributed by atoms with Gasteiger partial charge >= 0.3 is 5.97 Å². The monoisotopic (exact) mass is 271 g/mol. The number of nitrogens with one attached hydrogen (secondary N) is 1. The molecule has 0 atom stereocenters. The zero-order chi connectivity index (χ0) is 14.7. The first-order valence-electron chi connectivity index (χ1n) is 6.53. The molecule has 2 aromatic rings. The van der Waals surface area contributed by atoms with Crippen LogP contribution in [0.5, 0.6) is 0 Å². The number of hydrogen-bond acceptors (Lipinski definition) is 2. The van der Waals surface area contributed by atoms with Crippen molar-refractivity contribution < 1.29 is 14.7 Å². The molecule has 20 heavy (non-hydrogen) atoms. The summed E-state index contributed by atoms with van der Waals surface area (Å²) in [6.07, 6.45) is 0.367. The van der Waals surface area contributed by atoms with Gasteiger partial charge in [0.15, 0.2) is 0 Å². The normalized spacial score (nSPS) is 10.8. The zero-order valence-electron chi connectivity index (χ0n) is 11.5. The summed E-state index contributed by atoms with van der Waals surface area (Å²) < 4.78 is 0. The Kier molecular flexibility index (Phi) is 4.03. The quantitative estimate of drug-likeness (QED) is 0.894. The Hall–Kier alpha value is -2.36. The van der Waals surface area contributed by atoms with Crippen LogP contribution in [0.4, 0.5) is 5.69 Å². The molecule has 0 bridgehead atoms. The van der Waals surface area contributed by atoms with Crippen LogP contribution in [0.1, 0.15) is 30.6 Å². The van der Waals surface area contributed by atoms with Crippen molar-refractivity contribution in [2.75, 3.05) is 5.32 Å². The smallest absolute Gasteiger partial charge is 0.337 e. The Balaban J connectivity index is 2.42. The molecule has 0 fully saturated rings. The number of carbonyl (C=O) groups excluding carboxylic acids is 1. The predicted octanol–water partition coefficient (Wildman–Crippen LogP) is 3.52. The number of rotatable bonds is 4. The molecule has 0 radical (unpaired) electrons. The highest BCUT2D eigenvalue weighted by molar-refractivity contribution is 6.05.